The van der Waals surface area contributed by atoms with Crippen LogP contribution in [-0.4, -0.2) is 23.4 Å². The van der Waals surface area contributed by atoms with Crippen LogP contribution >= 0.6 is 0 Å². The Hall–Kier alpha value is -1.38. The number of ether oxygens (including phenoxy) is 1. The fraction of sp³-hybridized carbons (Fsp3) is 0.706. The minimum Gasteiger partial charge on any atom is -0.393 e. The Bertz CT molecular complexity index is 1070. The second kappa shape index (κ2) is 8.31. The standard InChI is InChI=1S/C34H46O2/c1-32(2)16-17-34(36-21-32)15-14-26-25(19-34)10-11-27-29-12-13-30(35)33(29,3)20-28(31(26)27)24-8-6-23(7-9-24)18-22-4-5-22/h6-9,18,25,27-30,35H,4-5,10-17,19-21H2,1-3H3. The number of aliphatic hydroxyl groups is 1. The van der Waals surface area contributed by atoms with E-state index in [1.807, 2.05) is 11.1 Å². The molecule has 5 fully saturated rings. The highest BCUT2D eigenvalue weighted by atomic mass is 16.5. The normalized spacial score (nSPS) is 43.1. The Kier molecular flexibility index (Phi) is 5.47. The Balaban J connectivity index is 1.24. The summed E-state index contributed by atoms with van der Waals surface area (Å²) in [6, 6.07) is 9.56. The van der Waals surface area contributed by atoms with E-state index in [1.54, 1.807) is 5.57 Å². The molecule has 1 aromatic carbocycles. The maximum absolute atomic E-state index is 11.2. The predicted octanol–water partition coefficient (Wildman–Crippen LogP) is 8.21. The summed E-state index contributed by atoms with van der Waals surface area (Å²) in [5.41, 5.74) is 8.63. The summed E-state index contributed by atoms with van der Waals surface area (Å²) in [4.78, 5) is 0. The summed E-state index contributed by atoms with van der Waals surface area (Å²) in [5, 5.41) is 11.2. The molecule has 1 aliphatic heterocycles. The quantitative estimate of drug-likeness (QED) is 0.427. The summed E-state index contributed by atoms with van der Waals surface area (Å²) in [6.07, 6.45) is 17.0. The van der Waals surface area contributed by atoms with E-state index < -0.39 is 0 Å². The Morgan fingerprint density at radius 3 is 2.42 bits per heavy atom. The Labute approximate surface area is 218 Å². The van der Waals surface area contributed by atoms with E-state index in [2.05, 4.69) is 51.1 Å². The van der Waals surface area contributed by atoms with Gasteiger partial charge < -0.3 is 9.84 Å². The number of benzene rings is 1. The molecule has 2 heteroatoms. The van der Waals surface area contributed by atoms with Crippen LogP contribution in [0, 0.1) is 28.6 Å². The lowest BCUT2D eigenvalue weighted by molar-refractivity contribution is -0.144. The predicted molar refractivity (Wildman–Crippen MR) is 147 cm³/mol. The van der Waals surface area contributed by atoms with Gasteiger partial charge in [0.2, 0.25) is 0 Å². The molecule has 0 aromatic heterocycles. The van der Waals surface area contributed by atoms with Crippen LogP contribution in [0.1, 0.15) is 115 Å². The van der Waals surface area contributed by atoms with Gasteiger partial charge in [-0.1, -0.05) is 67.8 Å². The van der Waals surface area contributed by atoms with E-state index in [0.29, 0.717) is 29.1 Å². The van der Waals surface area contributed by atoms with Crippen molar-refractivity contribution in [3.63, 3.8) is 0 Å². The number of rotatable bonds is 2. The summed E-state index contributed by atoms with van der Waals surface area (Å²) in [5.74, 6) is 2.52. The first-order valence-electron chi connectivity index (χ1n) is 15.1. The summed E-state index contributed by atoms with van der Waals surface area (Å²) >= 11 is 0. The average molecular weight is 487 g/mol. The lowest BCUT2D eigenvalue weighted by Gasteiger charge is -2.55. The zero-order valence-electron chi connectivity index (χ0n) is 22.8. The monoisotopic (exact) mass is 486 g/mol. The van der Waals surface area contributed by atoms with Gasteiger partial charge in [0.15, 0.2) is 0 Å². The van der Waals surface area contributed by atoms with Gasteiger partial charge in [0.05, 0.1) is 18.3 Å². The van der Waals surface area contributed by atoms with Crippen LogP contribution in [0.2, 0.25) is 0 Å². The molecule has 1 N–H and O–H groups in total. The second-order valence-electron chi connectivity index (χ2n) is 14.6. The third-order valence-electron chi connectivity index (χ3n) is 11.7. The number of fused-ring (bicyclic) bond motifs is 4. The molecule has 5 aliphatic carbocycles. The number of allylic oxidation sites excluding steroid dienone is 3. The van der Waals surface area contributed by atoms with Crippen molar-refractivity contribution in [1.29, 1.82) is 0 Å². The second-order valence-corrected chi connectivity index (χ2v) is 14.6. The van der Waals surface area contributed by atoms with Crippen molar-refractivity contribution in [3.05, 3.63) is 52.1 Å². The first-order chi connectivity index (χ1) is 17.3. The van der Waals surface area contributed by atoms with E-state index in [0.717, 1.165) is 19.4 Å². The van der Waals surface area contributed by atoms with E-state index >= 15 is 0 Å². The highest BCUT2D eigenvalue weighted by molar-refractivity contribution is 5.57. The molecular weight excluding hydrogens is 440 g/mol. The van der Waals surface area contributed by atoms with Gasteiger partial charge in [0.25, 0.3) is 0 Å². The zero-order chi connectivity index (χ0) is 24.7. The Morgan fingerprint density at radius 1 is 0.889 bits per heavy atom. The van der Waals surface area contributed by atoms with E-state index in [9.17, 15) is 5.11 Å². The number of aliphatic hydroxyl groups excluding tert-OH is 1. The van der Waals surface area contributed by atoms with Crippen molar-refractivity contribution < 1.29 is 9.84 Å². The SMILES string of the molecule is CC1(C)CCC2(CCC3=C4C(c5ccc(C=C6CC6)cc5)CC5(C)C(O)CCC5C4CCC3C2)OC1. The van der Waals surface area contributed by atoms with Gasteiger partial charge in [-0.2, -0.15) is 0 Å². The third-order valence-corrected chi connectivity index (χ3v) is 11.7. The molecule has 2 nitrogen and oxygen atoms in total. The molecule has 1 heterocycles. The Morgan fingerprint density at radius 2 is 1.69 bits per heavy atom. The van der Waals surface area contributed by atoms with E-state index in [4.69, 9.17) is 4.74 Å². The molecule has 0 bridgehead atoms. The van der Waals surface area contributed by atoms with Gasteiger partial charge in [0, 0.05) is 5.92 Å². The molecule has 7 unspecified atom stereocenters. The molecule has 194 valence electrons. The third kappa shape index (κ3) is 3.89. The number of hydrogen-bond acceptors (Lipinski definition) is 2. The van der Waals surface area contributed by atoms with Crippen LogP contribution in [0.15, 0.2) is 41.0 Å². The molecule has 1 aromatic rings. The van der Waals surface area contributed by atoms with Crippen molar-refractivity contribution in [3.8, 4) is 0 Å². The van der Waals surface area contributed by atoms with Crippen molar-refractivity contribution in [2.24, 2.45) is 28.6 Å². The molecule has 7 atom stereocenters. The highest BCUT2D eigenvalue weighted by Crippen LogP contribution is 2.65. The van der Waals surface area contributed by atoms with Crippen LogP contribution in [0.25, 0.3) is 6.08 Å². The van der Waals surface area contributed by atoms with Gasteiger partial charge in [-0.3, -0.25) is 0 Å². The minimum absolute atomic E-state index is 0.0643. The summed E-state index contributed by atoms with van der Waals surface area (Å²) in [6.45, 7) is 8.09. The van der Waals surface area contributed by atoms with E-state index in [-0.39, 0.29) is 17.1 Å². The zero-order valence-corrected chi connectivity index (χ0v) is 22.8. The van der Waals surface area contributed by atoms with Crippen LogP contribution < -0.4 is 0 Å². The lowest BCUT2D eigenvalue weighted by atomic mass is 9.51. The van der Waals surface area contributed by atoms with Gasteiger partial charge in [-0.05, 0) is 117 Å². The van der Waals surface area contributed by atoms with Crippen LogP contribution in [-0.2, 0) is 4.74 Å². The first-order valence-corrected chi connectivity index (χ1v) is 15.1. The maximum Gasteiger partial charge on any atom is 0.0691 e. The van der Waals surface area contributed by atoms with Gasteiger partial charge >= 0.3 is 0 Å². The van der Waals surface area contributed by atoms with Crippen LogP contribution in [0.4, 0.5) is 0 Å². The van der Waals surface area contributed by atoms with Crippen molar-refractivity contribution in [1.82, 2.24) is 0 Å². The van der Waals surface area contributed by atoms with Crippen molar-refractivity contribution in [2.45, 2.75) is 115 Å². The molecule has 7 rings (SSSR count). The number of hydrogen-bond donors (Lipinski definition) is 1. The molecule has 6 aliphatic rings. The van der Waals surface area contributed by atoms with Crippen molar-refractivity contribution >= 4 is 6.08 Å². The summed E-state index contributed by atoms with van der Waals surface area (Å²) < 4.78 is 6.71. The molecular formula is C34H46O2. The van der Waals surface area contributed by atoms with Gasteiger partial charge in [0.1, 0.15) is 0 Å². The van der Waals surface area contributed by atoms with Gasteiger partial charge in [-0.15, -0.1) is 0 Å². The molecule has 1 spiro atoms. The van der Waals surface area contributed by atoms with Gasteiger partial charge in [-0.25, -0.2) is 0 Å². The molecule has 36 heavy (non-hydrogen) atoms. The topological polar surface area (TPSA) is 29.5 Å². The maximum atomic E-state index is 11.2. The largest absolute Gasteiger partial charge is 0.393 e. The molecule has 1 saturated heterocycles. The van der Waals surface area contributed by atoms with Crippen LogP contribution in [0.3, 0.4) is 0 Å². The van der Waals surface area contributed by atoms with E-state index in [1.165, 1.54) is 75.3 Å². The molecule has 4 saturated carbocycles. The fourth-order valence-electron chi connectivity index (χ4n) is 9.31. The smallest absolute Gasteiger partial charge is 0.0691 e. The average Bonchev–Trinajstić information content (AvgIpc) is 3.63. The first kappa shape index (κ1) is 23.7. The van der Waals surface area contributed by atoms with Crippen LogP contribution in [0.5, 0.6) is 0 Å². The molecule has 0 radical (unpaired) electrons. The van der Waals surface area contributed by atoms with Crippen molar-refractivity contribution in [2.75, 3.05) is 6.61 Å². The summed E-state index contributed by atoms with van der Waals surface area (Å²) in [7, 11) is 0. The fourth-order valence-corrected chi connectivity index (χ4v) is 9.31. The highest BCUT2D eigenvalue weighted by Gasteiger charge is 2.57. The lowest BCUT2D eigenvalue weighted by Crippen LogP contribution is -2.49. The minimum atomic E-state index is -0.137. The molecule has 0 amide bonds.